The molecule has 4 atom stereocenters. The molecule has 9 heteroatoms. The topological polar surface area (TPSA) is 125 Å². The first-order valence-electron chi connectivity index (χ1n) is 5.70. The molecule has 0 unspecified atom stereocenters. The number of hydrogen-bond acceptors (Lipinski definition) is 6. The Morgan fingerprint density at radius 2 is 2.25 bits per heavy atom. The number of aliphatic hydroxyl groups excluding tert-OH is 2. The first kappa shape index (κ1) is 15.4. The zero-order chi connectivity index (χ0) is 14.9. The molecule has 0 aliphatic carbocycles. The second-order valence-electron chi connectivity index (χ2n) is 4.34. The fourth-order valence-corrected chi connectivity index (χ4v) is 2.69. The minimum absolute atomic E-state index is 0.539. The first-order valence-corrected chi connectivity index (χ1v) is 6.94. The Morgan fingerprint density at radius 3 is 2.80 bits per heavy atom. The SMILES string of the molecule is O=c1ccn([C@@H]2O[C@H](CO)[C@](O)(C=CI)[C@H]2O)c(=O)[nH]1. The Kier molecular flexibility index (Phi) is 4.44. The molecule has 110 valence electrons. The predicted octanol–water partition coefficient (Wildman–Crippen LogP) is -1.53. The van der Waals surface area contributed by atoms with Crippen molar-refractivity contribution in [3.05, 3.63) is 43.3 Å². The van der Waals surface area contributed by atoms with Gasteiger partial charge in [0.2, 0.25) is 0 Å². The second kappa shape index (κ2) is 5.77. The quantitative estimate of drug-likeness (QED) is 0.460. The predicted molar refractivity (Wildman–Crippen MR) is 76.4 cm³/mol. The van der Waals surface area contributed by atoms with Crippen LogP contribution in [-0.4, -0.2) is 49.3 Å². The van der Waals surface area contributed by atoms with Crippen molar-refractivity contribution in [1.82, 2.24) is 9.55 Å². The van der Waals surface area contributed by atoms with Crippen molar-refractivity contribution >= 4 is 22.6 Å². The summed E-state index contributed by atoms with van der Waals surface area (Å²) in [6.45, 7) is -0.539. The lowest BCUT2D eigenvalue weighted by atomic mass is 9.92. The number of hydrogen-bond donors (Lipinski definition) is 4. The third kappa shape index (κ3) is 2.46. The molecule has 1 fully saturated rings. The maximum atomic E-state index is 11.7. The highest BCUT2D eigenvalue weighted by Gasteiger charge is 2.54. The van der Waals surface area contributed by atoms with Crippen LogP contribution in [0.5, 0.6) is 0 Å². The lowest BCUT2D eigenvalue weighted by Gasteiger charge is -2.26. The van der Waals surface area contributed by atoms with Crippen LogP contribution in [0.1, 0.15) is 6.23 Å². The monoisotopic (exact) mass is 396 g/mol. The highest BCUT2D eigenvalue weighted by atomic mass is 127. The molecule has 0 saturated carbocycles. The van der Waals surface area contributed by atoms with Gasteiger partial charge in [0.1, 0.15) is 17.8 Å². The average molecular weight is 396 g/mol. The second-order valence-corrected chi connectivity index (χ2v) is 5.06. The molecule has 8 nitrogen and oxygen atoms in total. The molecule has 1 aliphatic heterocycles. The van der Waals surface area contributed by atoms with E-state index in [1.165, 1.54) is 10.2 Å². The molecule has 0 amide bonds. The number of aliphatic hydroxyl groups is 3. The van der Waals surface area contributed by atoms with Crippen LogP contribution in [-0.2, 0) is 4.74 Å². The molecule has 0 radical (unpaired) electrons. The van der Waals surface area contributed by atoms with Crippen molar-refractivity contribution in [3.63, 3.8) is 0 Å². The normalized spacial score (nSPS) is 33.9. The molecule has 2 rings (SSSR count). The molecule has 1 aromatic heterocycles. The van der Waals surface area contributed by atoms with Gasteiger partial charge in [0.25, 0.3) is 5.56 Å². The van der Waals surface area contributed by atoms with E-state index in [-0.39, 0.29) is 0 Å². The lowest BCUT2D eigenvalue weighted by molar-refractivity contribution is -0.0655. The number of aromatic nitrogens is 2. The van der Waals surface area contributed by atoms with Crippen LogP contribution in [0, 0.1) is 0 Å². The highest BCUT2D eigenvalue weighted by molar-refractivity contribution is 14.1. The maximum absolute atomic E-state index is 11.7. The highest BCUT2D eigenvalue weighted by Crippen LogP contribution is 2.37. The van der Waals surface area contributed by atoms with Gasteiger partial charge < -0.3 is 20.1 Å². The van der Waals surface area contributed by atoms with Gasteiger partial charge in [0.15, 0.2) is 6.23 Å². The van der Waals surface area contributed by atoms with E-state index in [9.17, 15) is 24.9 Å². The van der Waals surface area contributed by atoms with Crippen molar-refractivity contribution in [2.75, 3.05) is 6.61 Å². The van der Waals surface area contributed by atoms with Gasteiger partial charge >= 0.3 is 5.69 Å². The number of nitrogens with one attached hydrogen (secondary N) is 1. The Bertz CT molecular complexity index is 626. The molecular weight excluding hydrogens is 383 g/mol. The summed E-state index contributed by atoms with van der Waals surface area (Å²) in [5.41, 5.74) is -3.18. The number of halogens is 1. The summed E-state index contributed by atoms with van der Waals surface area (Å²) < 4.78 is 7.76. The molecule has 0 bridgehead atoms. The molecule has 4 N–H and O–H groups in total. The van der Waals surface area contributed by atoms with E-state index in [0.717, 1.165) is 16.8 Å². The van der Waals surface area contributed by atoms with Crippen LogP contribution < -0.4 is 11.2 Å². The number of aromatic amines is 1. The van der Waals surface area contributed by atoms with Gasteiger partial charge in [0, 0.05) is 12.3 Å². The molecule has 1 saturated heterocycles. The zero-order valence-corrected chi connectivity index (χ0v) is 12.3. The van der Waals surface area contributed by atoms with Crippen LogP contribution >= 0.6 is 22.6 Å². The van der Waals surface area contributed by atoms with Crippen molar-refractivity contribution in [2.24, 2.45) is 0 Å². The fourth-order valence-electron chi connectivity index (χ4n) is 2.11. The maximum Gasteiger partial charge on any atom is 0.330 e. The Balaban J connectivity index is 2.45. The molecule has 20 heavy (non-hydrogen) atoms. The van der Waals surface area contributed by atoms with E-state index in [4.69, 9.17) is 4.74 Å². The summed E-state index contributed by atoms with van der Waals surface area (Å²) in [4.78, 5) is 24.7. The van der Waals surface area contributed by atoms with Gasteiger partial charge in [-0.2, -0.15) is 0 Å². The molecule has 0 aromatic carbocycles. The van der Waals surface area contributed by atoms with Crippen molar-refractivity contribution in [3.8, 4) is 0 Å². The van der Waals surface area contributed by atoms with E-state index in [0.29, 0.717) is 0 Å². The largest absolute Gasteiger partial charge is 0.394 e. The number of ether oxygens (including phenoxy) is 1. The van der Waals surface area contributed by atoms with E-state index >= 15 is 0 Å². The van der Waals surface area contributed by atoms with E-state index < -0.39 is 41.9 Å². The molecule has 0 spiro atoms. The molecular formula is C11H13IN2O6. The van der Waals surface area contributed by atoms with Crippen LogP contribution in [0.4, 0.5) is 0 Å². The zero-order valence-electron chi connectivity index (χ0n) is 10.1. The summed E-state index contributed by atoms with van der Waals surface area (Å²) in [7, 11) is 0. The summed E-state index contributed by atoms with van der Waals surface area (Å²) in [5.74, 6) is 0. The van der Waals surface area contributed by atoms with Crippen molar-refractivity contribution in [1.29, 1.82) is 0 Å². The third-order valence-electron chi connectivity index (χ3n) is 3.18. The van der Waals surface area contributed by atoms with Crippen LogP contribution in [0.2, 0.25) is 0 Å². The summed E-state index contributed by atoms with van der Waals surface area (Å²) in [6, 6.07) is 1.09. The Hall–Kier alpha value is -1.01. The van der Waals surface area contributed by atoms with Crippen LogP contribution in [0.15, 0.2) is 32.0 Å². The molecule has 1 aromatic rings. The minimum atomic E-state index is -1.82. The summed E-state index contributed by atoms with van der Waals surface area (Å²) in [6.07, 6.45) is -1.34. The van der Waals surface area contributed by atoms with Gasteiger partial charge in [-0.25, -0.2) is 4.79 Å². The minimum Gasteiger partial charge on any atom is -0.394 e. The van der Waals surface area contributed by atoms with E-state index in [2.05, 4.69) is 0 Å². The van der Waals surface area contributed by atoms with Gasteiger partial charge in [-0.3, -0.25) is 14.3 Å². The lowest BCUT2D eigenvalue weighted by Crippen LogP contribution is -2.48. The summed E-state index contributed by atoms with van der Waals surface area (Å²) >= 11 is 1.85. The standard InChI is InChI=1S/C11H13IN2O6/c12-3-2-11(19)6(5-15)20-9(8(11)17)14-4-1-7(16)13-10(14)18/h1-4,6,8-9,15,17,19H,5H2,(H,13,16,18)/t6-,8+,9-,11-/m1/s1. The first-order chi connectivity index (χ1) is 9.43. The van der Waals surface area contributed by atoms with Crippen molar-refractivity contribution in [2.45, 2.75) is 24.0 Å². The van der Waals surface area contributed by atoms with Gasteiger partial charge in [-0.15, -0.1) is 0 Å². The average Bonchev–Trinajstić information content (AvgIpc) is 2.63. The molecule has 1 aliphatic rings. The number of nitrogens with zero attached hydrogens (tertiary/aromatic N) is 1. The van der Waals surface area contributed by atoms with E-state index in [1.807, 2.05) is 27.6 Å². The van der Waals surface area contributed by atoms with Crippen LogP contribution in [0.3, 0.4) is 0 Å². The third-order valence-corrected chi connectivity index (χ3v) is 3.54. The van der Waals surface area contributed by atoms with Crippen LogP contribution in [0.25, 0.3) is 0 Å². The van der Waals surface area contributed by atoms with E-state index in [1.54, 1.807) is 0 Å². The summed E-state index contributed by atoms with van der Waals surface area (Å²) in [5, 5.41) is 29.8. The molecule has 2 heterocycles. The Morgan fingerprint density at radius 1 is 1.55 bits per heavy atom. The number of rotatable bonds is 3. The van der Waals surface area contributed by atoms with Gasteiger partial charge in [-0.05, 0) is 10.2 Å². The van der Waals surface area contributed by atoms with Gasteiger partial charge in [-0.1, -0.05) is 22.6 Å². The van der Waals surface area contributed by atoms with Crippen molar-refractivity contribution < 1.29 is 20.1 Å². The Labute approximate surface area is 126 Å². The smallest absolute Gasteiger partial charge is 0.330 e. The number of H-pyrrole nitrogens is 1. The fraction of sp³-hybridized carbons (Fsp3) is 0.455. The van der Waals surface area contributed by atoms with Gasteiger partial charge in [0.05, 0.1) is 6.61 Å².